The number of carboxylic acids is 1. The third kappa shape index (κ3) is 4.44. The summed E-state index contributed by atoms with van der Waals surface area (Å²) in [4.78, 5) is 48.5. The zero-order chi connectivity index (χ0) is 17.7. The second kappa shape index (κ2) is 8.09. The largest absolute Gasteiger partial charge is 0.480 e. The molecule has 3 amide bonds. The van der Waals surface area contributed by atoms with Crippen molar-refractivity contribution in [1.82, 2.24) is 15.5 Å². The molecule has 24 heavy (non-hydrogen) atoms. The highest BCUT2D eigenvalue weighted by Gasteiger charge is 2.38. The number of hydrogen-bond donors (Lipinski definition) is 4. The van der Waals surface area contributed by atoms with Gasteiger partial charge in [0.1, 0.15) is 12.1 Å². The maximum atomic E-state index is 12.7. The minimum absolute atomic E-state index is 0.0552. The third-order valence-corrected chi connectivity index (χ3v) is 4.49. The fraction of sp³-hybridized carbons (Fsp3) is 0.733. The van der Waals surface area contributed by atoms with Crippen molar-refractivity contribution < 1.29 is 24.3 Å². The summed E-state index contributed by atoms with van der Waals surface area (Å²) < 4.78 is 0. The van der Waals surface area contributed by atoms with E-state index in [0.717, 1.165) is 13.0 Å². The predicted molar refractivity (Wildman–Crippen MR) is 83.8 cm³/mol. The molecule has 0 saturated carbocycles. The summed E-state index contributed by atoms with van der Waals surface area (Å²) in [5.41, 5.74) is 5.14. The molecule has 134 valence electrons. The van der Waals surface area contributed by atoms with E-state index in [1.807, 2.05) is 0 Å². The van der Waals surface area contributed by atoms with Crippen molar-refractivity contribution in [2.24, 2.45) is 5.73 Å². The molecule has 2 fully saturated rings. The summed E-state index contributed by atoms with van der Waals surface area (Å²) in [6, 6.07) is -2.18. The van der Waals surface area contributed by atoms with Gasteiger partial charge in [-0.1, -0.05) is 0 Å². The van der Waals surface area contributed by atoms with Gasteiger partial charge in [0.25, 0.3) is 0 Å². The number of nitrogens with two attached hydrogens (primary N) is 1. The number of carbonyl (C=O) groups is 4. The summed E-state index contributed by atoms with van der Waals surface area (Å²) in [6.45, 7) is 1.08. The highest BCUT2D eigenvalue weighted by Crippen LogP contribution is 2.19. The van der Waals surface area contributed by atoms with Crippen molar-refractivity contribution in [1.29, 1.82) is 0 Å². The molecule has 2 saturated heterocycles. The molecule has 2 aliphatic heterocycles. The van der Waals surface area contributed by atoms with Gasteiger partial charge in [-0.2, -0.15) is 0 Å². The molecule has 0 aromatic rings. The number of amides is 3. The molecule has 2 rings (SSSR count). The average Bonchev–Trinajstić information content (AvgIpc) is 3.20. The Kier molecular flexibility index (Phi) is 6.13. The molecule has 5 N–H and O–H groups in total. The SMILES string of the molecule is NC(=O)CCC(NC(=O)C1CCCN1)C(=O)N1CCCC1C(=O)O. The summed E-state index contributed by atoms with van der Waals surface area (Å²) in [5.74, 6) is -2.40. The molecule has 3 unspecified atom stereocenters. The van der Waals surface area contributed by atoms with Crippen LogP contribution in [0.1, 0.15) is 38.5 Å². The smallest absolute Gasteiger partial charge is 0.326 e. The molecule has 0 bridgehead atoms. The molecular weight excluding hydrogens is 316 g/mol. The topological polar surface area (TPSA) is 142 Å². The summed E-state index contributed by atoms with van der Waals surface area (Å²) in [5, 5.41) is 14.9. The van der Waals surface area contributed by atoms with E-state index in [0.29, 0.717) is 25.8 Å². The molecule has 2 heterocycles. The summed E-state index contributed by atoms with van der Waals surface area (Å²) >= 11 is 0. The zero-order valence-corrected chi connectivity index (χ0v) is 13.5. The van der Waals surface area contributed by atoms with E-state index in [1.54, 1.807) is 0 Å². The highest BCUT2D eigenvalue weighted by atomic mass is 16.4. The Morgan fingerprint density at radius 1 is 1.25 bits per heavy atom. The van der Waals surface area contributed by atoms with Crippen molar-refractivity contribution in [3.63, 3.8) is 0 Å². The van der Waals surface area contributed by atoms with Gasteiger partial charge < -0.3 is 26.4 Å². The molecule has 2 aliphatic rings. The Morgan fingerprint density at radius 3 is 2.58 bits per heavy atom. The first-order valence-corrected chi connectivity index (χ1v) is 8.25. The van der Waals surface area contributed by atoms with Crippen LogP contribution in [0.15, 0.2) is 0 Å². The second-order valence-electron chi connectivity index (χ2n) is 6.24. The molecule has 0 radical (unpaired) electrons. The van der Waals surface area contributed by atoms with Gasteiger partial charge in [0.05, 0.1) is 6.04 Å². The fourth-order valence-corrected chi connectivity index (χ4v) is 3.21. The second-order valence-corrected chi connectivity index (χ2v) is 6.24. The molecule has 3 atom stereocenters. The Bertz CT molecular complexity index is 518. The van der Waals surface area contributed by atoms with E-state index in [-0.39, 0.29) is 24.8 Å². The van der Waals surface area contributed by atoms with Crippen molar-refractivity contribution in [2.75, 3.05) is 13.1 Å². The normalized spacial score (nSPS) is 24.6. The first-order chi connectivity index (χ1) is 11.4. The van der Waals surface area contributed by atoms with Gasteiger partial charge in [-0.3, -0.25) is 14.4 Å². The van der Waals surface area contributed by atoms with Gasteiger partial charge in [-0.05, 0) is 38.6 Å². The number of carbonyl (C=O) groups excluding carboxylic acids is 3. The van der Waals surface area contributed by atoms with E-state index < -0.39 is 29.9 Å². The predicted octanol–water partition coefficient (Wildman–Crippen LogP) is -1.44. The zero-order valence-electron chi connectivity index (χ0n) is 13.5. The van der Waals surface area contributed by atoms with Gasteiger partial charge in [0.15, 0.2) is 0 Å². The van der Waals surface area contributed by atoms with E-state index in [9.17, 15) is 24.3 Å². The minimum Gasteiger partial charge on any atom is -0.480 e. The molecule has 0 aliphatic carbocycles. The molecule has 0 aromatic heterocycles. The Hall–Kier alpha value is -2.16. The van der Waals surface area contributed by atoms with Gasteiger partial charge in [-0.15, -0.1) is 0 Å². The first kappa shape index (κ1) is 18.2. The van der Waals surface area contributed by atoms with Crippen LogP contribution in [0.25, 0.3) is 0 Å². The van der Waals surface area contributed by atoms with Gasteiger partial charge in [0.2, 0.25) is 17.7 Å². The average molecular weight is 340 g/mol. The van der Waals surface area contributed by atoms with Crippen LogP contribution < -0.4 is 16.4 Å². The third-order valence-electron chi connectivity index (χ3n) is 4.49. The molecular formula is C15H24N4O5. The highest BCUT2D eigenvalue weighted by molar-refractivity contribution is 5.92. The van der Waals surface area contributed by atoms with Crippen molar-refractivity contribution >= 4 is 23.7 Å². The van der Waals surface area contributed by atoms with Gasteiger partial charge in [0, 0.05) is 13.0 Å². The number of hydrogen-bond acceptors (Lipinski definition) is 5. The Labute approximate surface area is 139 Å². The fourth-order valence-electron chi connectivity index (χ4n) is 3.21. The molecule has 9 heteroatoms. The summed E-state index contributed by atoms with van der Waals surface area (Å²) in [7, 11) is 0. The maximum absolute atomic E-state index is 12.7. The lowest BCUT2D eigenvalue weighted by molar-refractivity contribution is -0.149. The number of carboxylic acid groups (broad SMARTS) is 1. The first-order valence-electron chi connectivity index (χ1n) is 8.25. The molecule has 0 aromatic carbocycles. The number of likely N-dealkylation sites (tertiary alicyclic amines) is 1. The molecule has 0 spiro atoms. The van der Waals surface area contributed by atoms with E-state index in [1.165, 1.54) is 4.90 Å². The van der Waals surface area contributed by atoms with E-state index >= 15 is 0 Å². The molecule has 9 nitrogen and oxygen atoms in total. The van der Waals surface area contributed by atoms with E-state index in [2.05, 4.69) is 10.6 Å². The minimum atomic E-state index is -1.06. The van der Waals surface area contributed by atoms with Gasteiger partial charge in [-0.25, -0.2) is 4.79 Å². The van der Waals surface area contributed by atoms with Crippen LogP contribution in [-0.2, 0) is 19.2 Å². The number of nitrogens with one attached hydrogen (secondary N) is 2. The van der Waals surface area contributed by atoms with Gasteiger partial charge >= 0.3 is 5.97 Å². The lowest BCUT2D eigenvalue weighted by Crippen LogP contribution is -2.54. The van der Waals surface area contributed by atoms with Crippen molar-refractivity contribution in [3.05, 3.63) is 0 Å². The van der Waals surface area contributed by atoms with Crippen molar-refractivity contribution in [3.8, 4) is 0 Å². The van der Waals surface area contributed by atoms with E-state index in [4.69, 9.17) is 5.73 Å². The van der Waals surface area contributed by atoms with Crippen LogP contribution in [0.5, 0.6) is 0 Å². The lowest BCUT2D eigenvalue weighted by Gasteiger charge is -2.28. The quantitative estimate of drug-likeness (QED) is 0.447. The van der Waals surface area contributed by atoms with Crippen LogP contribution in [-0.4, -0.2) is 64.9 Å². The standard InChI is InChI=1S/C15H24N4O5/c16-12(20)6-5-10(18-13(21)9-3-1-7-17-9)14(22)19-8-2-4-11(19)15(23)24/h9-11,17H,1-8H2,(H2,16,20)(H,18,21)(H,23,24). The number of primary amides is 1. The van der Waals surface area contributed by atoms with Crippen molar-refractivity contribution in [2.45, 2.75) is 56.7 Å². The maximum Gasteiger partial charge on any atom is 0.326 e. The van der Waals surface area contributed by atoms with Crippen LogP contribution in [0.3, 0.4) is 0 Å². The number of rotatable bonds is 7. The number of aliphatic carboxylic acids is 1. The number of nitrogens with zero attached hydrogens (tertiary/aromatic N) is 1. The lowest BCUT2D eigenvalue weighted by atomic mass is 10.1. The van der Waals surface area contributed by atoms with Crippen LogP contribution >= 0.6 is 0 Å². The monoisotopic (exact) mass is 340 g/mol. The Morgan fingerprint density at radius 2 is 2.00 bits per heavy atom. The van der Waals surface area contributed by atoms with Crippen LogP contribution in [0.2, 0.25) is 0 Å². The summed E-state index contributed by atoms with van der Waals surface area (Å²) in [6.07, 6.45) is 2.57. The van der Waals surface area contributed by atoms with Crippen LogP contribution in [0, 0.1) is 0 Å². The Balaban J connectivity index is 2.05. The van der Waals surface area contributed by atoms with Crippen LogP contribution in [0.4, 0.5) is 0 Å².